The molecule has 0 aliphatic heterocycles. The van der Waals surface area contributed by atoms with Gasteiger partial charge in [0.25, 0.3) is 0 Å². The lowest BCUT2D eigenvalue weighted by Crippen LogP contribution is -2.14. The molecule has 0 atom stereocenters. The topological polar surface area (TPSA) is 42.2 Å². The van der Waals surface area contributed by atoms with Gasteiger partial charge in [-0.1, -0.05) is 12.2 Å². The highest BCUT2D eigenvalue weighted by Crippen LogP contribution is 2.13. The molecule has 0 saturated carbocycles. The van der Waals surface area contributed by atoms with Crippen LogP contribution in [0.5, 0.6) is 0 Å². The molecule has 3 nitrogen and oxygen atoms in total. The van der Waals surface area contributed by atoms with Gasteiger partial charge < -0.3 is 10.6 Å². The Morgan fingerprint density at radius 2 is 2.38 bits per heavy atom. The molecule has 72 valence electrons. The van der Waals surface area contributed by atoms with Crippen LogP contribution in [0.25, 0.3) is 0 Å². The van der Waals surface area contributed by atoms with Crippen molar-refractivity contribution in [2.75, 3.05) is 20.6 Å². The predicted octanol–water partition coefficient (Wildman–Crippen LogP) is 0.881. The van der Waals surface area contributed by atoms with Crippen LogP contribution in [0.15, 0.2) is 6.20 Å². The van der Waals surface area contributed by atoms with E-state index in [1.807, 2.05) is 14.1 Å². The van der Waals surface area contributed by atoms with Gasteiger partial charge in [-0.05, 0) is 14.1 Å². The van der Waals surface area contributed by atoms with Crippen molar-refractivity contribution in [2.24, 2.45) is 5.73 Å². The van der Waals surface area contributed by atoms with Crippen LogP contribution in [0.4, 0.5) is 0 Å². The minimum absolute atomic E-state index is 0.439. The number of aromatic nitrogens is 1. The molecule has 5 heteroatoms. The van der Waals surface area contributed by atoms with Gasteiger partial charge in [0.1, 0.15) is 4.99 Å². The first-order valence-corrected chi connectivity index (χ1v) is 5.21. The van der Waals surface area contributed by atoms with Gasteiger partial charge in [-0.25, -0.2) is 4.98 Å². The largest absolute Gasteiger partial charge is 0.389 e. The quantitative estimate of drug-likeness (QED) is 0.757. The minimum atomic E-state index is 0.439. The van der Waals surface area contributed by atoms with Crippen molar-refractivity contribution in [3.05, 3.63) is 16.1 Å². The van der Waals surface area contributed by atoms with E-state index in [-0.39, 0.29) is 0 Å². The minimum Gasteiger partial charge on any atom is -0.389 e. The average molecular weight is 215 g/mol. The first-order chi connectivity index (χ1) is 6.09. The van der Waals surface area contributed by atoms with Crippen LogP contribution in [0, 0.1) is 0 Å². The molecule has 0 bridgehead atoms. The van der Waals surface area contributed by atoms with E-state index in [1.54, 1.807) is 17.5 Å². The summed E-state index contributed by atoms with van der Waals surface area (Å²) in [6.07, 6.45) is 2.71. The highest BCUT2D eigenvalue weighted by Gasteiger charge is 2.03. The van der Waals surface area contributed by atoms with E-state index >= 15 is 0 Å². The fraction of sp³-hybridized carbons (Fsp3) is 0.500. The third kappa shape index (κ3) is 3.38. The number of thiocarbonyl (C=S) groups is 1. The highest BCUT2D eigenvalue weighted by molar-refractivity contribution is 7.81. The molecule has 0 fully saturated rings. The van der Waals surface area contributed by atoms with E-state index in [9.17, 15) is 0 Å². The molecule has 0 saturated heterocycles. The van der Waals surface area contributed by atoms with E-state index in [1.165, 1.54) is 0 Å². The van der Waals surface area contributed by atoms with Crippen LogP contribution in [-0.4, -0.2) is 35.5 Å². The summed E-state index contributed by atoms with van der Waals surface area (Å²) in [7, 11) is 4.09. The van der Waals surface area contributed by atoms with E-state index in [2.05, 4.69) is 9.88 Å². The monoisotopic (exact) mass is 215 g/mol. The third-order valence-corrected chi connectivity index (χ3v) is 3.01. The zero-order valence-corrected chi connectivity index (χ0v) is 9.41. The Morgan fingerprint density at radius 1 is 1.69 bits per heavy atom. The van der Waals surface area contributed by atoms with Gasteiger partial charge in [0.05, 0.1) is 9.88 Å². The number of hydrogen-bond acceptors (Lipinski definition) is 4. The van der Waals surface area contributed by atoms with Gasteiger partial charge in [-0.3, -0.25) is 0 Å². The number of hydrogen-bond donors (Lipinski definition) is 1. The second kappa shape index (κ2) is 4.64. The summed E-state index contributed by atoms with van der Waals surface area (Å²) in [5, 5.41) is 1.09. The third-order valence-electron chi connectivity index (χ3n) is 1.57. The van der Waals surface area contributed by atoms with E-state index in [0.29, 0.717) is 4.99 Å². The second-order valence-corrected chi connectivity index (χ2v) is 4.59. The SMILES string of the molecule is CN(C)CCc1ncc(C(N)=S)s1. The first kappa shape index (κ1) is 10.6. The molecule has 1 rings (SSSR count). The van der Waals surface area contributed by atoms with Gasteiger partial charge in [0.2, 0.25) is 0 Å². The molecule has 0 aliphatic rings. The molecule has 2 N–H and O–H groups in total. The molecule has 1 aromatic rings. The predicted molar refractivity (Wildman–Crippen MR) is 60.3 cm³/mol. The fourth-order valence-corrected chi connectivity index (χ4v) is 1.80. The molecular weight excluding hydrogens is 202 g/mol. The Labute approximate surface area is 87.6 Å². The summed E-state index contributed by atoms with van der Waals surface area (Å²) in [5.41, 5.74) is 5.47. The molecule has 1 aromatic heterocycles. The van der Waals surface area contributed by atoms with Crippen LogP contribution in [-0.2, 0) is 6.42 Å². The summed E-state index contributed by atoms with van der Waals surface area (Å²) >= 11 is 6.43. The van der Waals surface area contributed by atoms with Gasteiger partial charge in [0.15, 0.2) is 0 Å². The normalized spacial score (nSPS) is 10.7. The average Bonchev–Trinajstić information content (AvgIpc) is 2.48. The molecule has 0 amide bonds. The Hall–Kier alpha value is -0.520. The number of likely N-dealkylation sites (N-methyl/N-ethyl adjacent to an activating group) is 1. The van der Waals surface area contributed by atoms with Gasteiger partial charge >= 0.3 is 0 Å². The molecular formula is C8H13N3S2. The zero-order chi connectivity index (χ0) is 9.84. The molecule has 0 aromatic carbocycles. The summed E-state index contributed by atoms with van der Waals surface area (Å²) in [6, 6.07) is 0. The highest BCUT2D eigenvalue weighted by atomic mass is 32.1. The molecule has 0 radical (unpaired) electrons. The lowest BCUT2D eigenvalue weighted by Gasteiger charge is -2.06. The summed E-state index contributed by atoms with van der Waals surface area (Å²) < 4.78 is 0. The van der Waals surface area contributed by atoms with Crippen molar-refractivity contribution in [1.82, 2.24) is 9.88 Å². The molecule has 13 heavy (non-hydrogen) atoms. The number of rotatable bonds is 4. The summed E-state index contributed by atoms with van der Waals surface area (Å²) in [5.74, 6) is 0. The number of nitrogens with two attached hydrogens (primary N) is 1. The van der Waals surface area contributed by atoms with Gasteiger partial charge in [-0.15, -0.1) is 11.3 Å². The van der Waals surface area contributed by atoms with Crippen LogP contribution in [0.3, 0.4) is 0 Å². The summed E-state index contributed by atoms with van der Waals surface area (Å²) in [6.45, 7) is 1.00. The van der Waals surface area contributed by atoms with Crippen molar-refractivity contribution < 1.29 is 0 Å². The van der Waals surface area contributed by atoms with Crippen molar-refractivity contribution in [2.45, 2.75) is 6.42 Å². The zero-order valence-electron chi connectivity index (χ0n) is 7.78. The summed E-state index contributed by atoms with van der Waals surface area (Å²) in [4.78, 5) is 7.71. The number of nitrogens with zero attached hydrogens (tertiary/aromatic N) is 2. The van der Waals surface area contributed by atoms with Crippen LogP contribution in [0.2, 0.25) is 0 Å². The lowest BCUT2D eigenvalue weighted by molar-refractivity contribution is 0.413. The molecule has 0 unspecified atom stereocenters. The molecule has 0 spiro atoms. The smallest absolute Gasteiger partial charge is 0.115 e. The van der Waals surface area contributed by atoms with Crippen LogP contribution < -0.4 is 5.73 Å². The Balaban J connectivity index is 2.54. The Morgan fingerprint density at radius 3 is 2.85 bits per heavy atom. The number of thiazole rings is 1. The lowest BCUT2D eigenvalue weighted by atomic mass is 10.4. The van der Waals surface area contributed by atoms with Crippen LogP contribution in [0.1, 0.15) is 9.88 Å². The van der Waals surface area contributed by atoms with Crippen molar-refractivity contribution in [1.29, 1.82) is 0 Å². The maximum Gasteiger partial charge on any atom is 0.115 e. The van der Waals surface area contributed by atoms with E-state index < -0.39 is 0 Å². The van der Waals surface area contributed by atoms with Gasteiger partial charge in [-0.2, -0.15) is 0 Å². The standard InChI is InChI=1S/C8H13N3S2/c1-11(2)4-3-7-10-5-6(13-7)8(9)12/h5H,3-4H2,1-2H3,(H2,9,12). The fourth-order valence-electron chi connectivity index (χ4n) is 0.859. The van der Waals surface area contributed by atoms with Crippen molar-refractivity contribution in [3.8, 4) is 0 Å². The Kier molecular flexibility index (Phi) is 3.77. The second-order valence-electron chi connectivity index (χ2n) is 3.04. The van der Waals surface area contributed by atoms with Crippen molar-refractivity contribution in [3.63, 3.8) is 0 Å². The maximum absolute atomic E-state index is 5.47. The van der Waals surface area contributed by atoms with Crippen LogP contribution >= 0.6 is 23.6 Å². The first-order valence-electron chi connectivity index (χ1n) is 3.99. The van der Waals surface area contributed by atoms with Crippen molar-refractivity contribution >= 4 is 28.5 Å². The van der Waals surface area contributed by atoms with E-state index in [4.69, 9.17) is 18.0 Å². The maximum atomic E-state index is 5.47. The van der Waals surface area contributed by atoms with Gasteiger partial charge in [0, 0.05) is 19.2 Å². The Bertz CT molecular complexity index is 293. The molecule has 0 aliphatic carbocycles. The van der Waals surface area contributed by atoms with E-state index in [0.717, 1.165) is 22.9 Å². The molecule has 1 heterocycles.